The van der Waals surface area contributed by atoms with E-state index in [1.54, 1.807) is 0 Å². The van der Waals surface area contributed by atoms with Gasteiger partial charge in [-0.3, -0.25) is 28.7 Å². The van der Waals surface area contributed by atoms with Crippen LogP contribution in [-0.2, 0) is 27.7 Å². The van der Waals surface area contributed by atoms with Gasteiger partial charge in [-0.15, -0.1) is 6.58 Å². The number of aliphatic imine (C=N–C) groups is 1. The molecule has 10 nitrogen and oxygen atoms in total. The smallest absolute Gasteiger partial charge is 0.292 e. The first-order valence-electron chi connectivity index (χ1n) is 10.2. The minimum Gasteiger partial charge on any atom is -0.292 e. The van der Waals surface area contributed by atoms with Gasteiger partial charge < -0.3 is 0 Å². The van der Waals surface area contributed by atoms with Crippen molar-refractivity contribution in [3.8, 4) is 5.69 Å². The molecule has 2 heterocycles. The predicted molar refractivity (Wildman–Crippen MR) is 127 cm³/mol. The number of amidine groups is 1. The molecule has 2 aromatic rings. The van der Waals surface area contributed by atoms with Crippen molar-refractivity contribution in [2.45, 2.75) is 17.8 Å². The maximum absolute atomic E-state index is 14.8. The number of halogens is 5. The molecule has 1 aromatic carbocycles. The number of nitrogens with one attached hydrogen (secondary N) is 1. The Morgan fingerprint density at radius 1 is 1.30 bits per heavy atom. The number of aromatic nitrogens is 2. The molecule has 0 radical (unpaired) electrons. The van der Waals surface area contributed by atoms with E-state index < -0.39 is 51.7 Å². The number of carbonyl (C=O) groups is 2. The molecule has 3 rings (SSSR count). The molecule has 0 bridgehead atoms. The highest BCUT2D eigenvalue weighted by Gasteiger charge is 2.39. The number of amides is 2. The number of carbonyl (C=O) groups excluding carboxylic acids is 2. The zero-order valence-corrected chi connectivity index (χ0v) is 20.7. The van der Waals surface area contributed by atoms with E-state index in [-0.39, 0.29) is 44.0 Å². The number of hydroxylamine groups is 1. The fraction of sp³-hybridized carbons (Fsp3) is 0.286. The summed E-state index contributed by atoms with van der Waals surface area (Å²) in [6, 6.07) is 1.78. The van der Waals surface area contributed by atoms with Gasteiger partial charge in [0.05, 0.1) is 23.5 Å². The SMILES string of the molecule is C=CCN1C(=O)C(CC(=O)NOC)S/C1=N\c1cc(-n2c(=O)cc(C(F)(F)F)n(C)c2=O)c(F)cc1Cl. The molecule has 1 atom stereocenters. The van der Waals surface area contributed by atoms with Crippen LogP contribution in [0.15, 0.2) is 45.4 Å². The normalized spacial score (nSPS) is 16.9. The first-order valence-corrected chi connectivity index (χ1v) is 11.4. The summed E-state index contributed by atoms with van der Waals surface area (Å²) in [5.74, 6) is -2.24. The summed E-state index contributed by atoms with van der Waals surface area (Å²) in [7, 11) is 2.01. The molecule has 1 fully saturated rings. The molecule has 1 aliphatic rings. The molecule has 0 saturated carbocycles. The van der Waals surface area contributed by atoms with Crippen molar-refractivity contribution in [3.05, 3.63) is 68.2 Å². The summed E-state index contributed by atoms with van der Waals surface area (Å²) >= 11 is 7.00. The Labute approximate surface area is 215 Å². The summed E-state index contributed by atoms with van der Waals surface area (Å²) in [6.07, 6.45) is -3.86. The van der Waals surface area contributed by atoms with Crippen LogP contribution in [0.5, 0.6) is 0 Å². The molecular formula is C21H18ClF4N5O5S. The Kier molecular flexibility index (Phi) is 8.29. The molecule has 1 aliphatic heterocycles. The lowest BCUT2D eigenvalue weighted by Gasteiger charge is -2.16. The third kappa shape index (κ3) is 5.78. The average molecular weight is 564 g/mol. The van der Waals surface area contributed by atoms with E-state index in [0.29, 0.717) is 0 Å². The minimum absolute atomic E-state index is 0.00234. The maximum atomic E-state index is 14.8. The Morgan fingerprint density at radius 3 is 2.57 bits per heavy atom. The van der Waals surface area contributed by atoms with E-state index >= 15 is 0 Å². The largest absolute Gasteiger partial charge is 0.431 e. The van der Waals surface area contributed by atoms with Crippen LogP contribution < -0.4 is 16.7 Å². The number of alkyl halides is 3. The van der Waals surface area contributed by atoms with Gasteiger partial charge in [0.1, 0.15) is 16.8 Å². The molecule has 16 heteroatoms. The number of hydrogen-bond acceptors (Lipinski definition) is 7. The summed E-state index contributed by atoms with van der Waals surface area (Å²) in [6.45, 7) is 3.56. The van der Waals surface area contributed by atoms with Crippen molar-refractivity contribution in [1.82, 2.24) is 19.5 Å². The number of nitrogens with zero attached hydrogens (tertiary/aromatic N) is 4. The third-order valence-electron chi connectivity index (χ3n) is 5.00. The second-order valence-electron chi connectivity index (χ2n) is 7.47. The van der Waals surface area contributed by atoms with E-state index in [4.69, 9.17) is 11.6 Å². The fourth-order valence-electron chi connectivity index (χ4n) is 3.35. The Bertz CT molecular complexity index is 1420. The van der Waals surface area contributed by atoms with E-state index in [1.165, 1.54) is 18.1 Å². The summed E-state index contributed by atoms with van der Waals surface area (Å²) in [4.78, 5) is 59.7. The monoisotopic (exact) mass is 563 g/mol. The molecule has 2 amide bonds. The molecule has 0 spiro atoms. The van der Waals surface area contributed by atoms with Gasteiger partial charge in [0.2, 0.25) is 11.8 Å². The van der Waals surface area contributed by atoms with Crippen LogP contribution in [-0.4, -0.2) is 49.9 Å². The molecule has 1 saturated heterocycles. The quantitative estimate of drug-likeness (QED) is 0.315. The predicted octanol–water partition coefficient (Wildman–Crippen LogP) is 2.53. The first-order chi connectivity index (χ1) is 17.3. The first kappa shape index (κ1) is 28.1. The summed E-state index contributed by atoms with van der Waals surface area (Å²) < 4.78 is 54.6. The minimum atomic E-state index is -5.00. The summed E-state index contributed by atoms with van der Waals surface area (Å²) in [5.41, 5.74) is -3.21. The van der Waals surface area contributed by atoms with Gasteiger partial charge in [0, 0.05) is 26.1 Å². The van der Waals surface area contributed by atoms with Gasteiger partial charge in [0.25, 0.3) is 5.56 Å². The lowest BCUT2D eigenvalue weighted by Crippen LogP contribution is -2.41. The lowest BCUT2D eigenvalue weighted by molar-refractivity contribution is -0.144. The van der Waals surface area contributed by atoms with E-state index in [2.05, 4.69) is 21.9 Å². The zero-order valence-electron chi connectivity index (χ0n) is 19.1. The molecule has 1 unspecified atom stereocenters. The average Bonchev–Trinajstić information content (AvgIpc) is 3.07. The number of hydrogen-bond donors (Lipinski definition) is 1. The van der Waals surface area contributed by atoms with Crippen LogP contribution in [0, 0.1) is 5.82 Å². The van der Waals surface area contributed by atoms with Crippen LogP contribution in [0.1, 0.15) is 12.1 Å². The highest BCUT2D eigenvalue weighted by atomic mass is 35.5. The second-order valence-corrected chi connectivity index (χ2v) is 9.05. The fourth-order valence-corrected chi connectivity index (χ4v) is 4.70. The van der Waals surface area contributed by atoms with Crippen LogP contribution in [0.2, 0.25) is 5.02 Å². The second kappa shape index (κ2) is 10.9. The van der Waals surface area contributed by atoms with Crippen molar-refractivity contribution >= 4 is 46.0 Å². The van der Waals surface area contributed by atoms with Crippen LogP contribution >= 0.6 is 23.4 Å². The topological polar surface area (TPSA) is 115 Å². The molecule has 1 aromatic heterocycles. The van der Waals surface area contributed by atoms with Gasteiger partial charge in [-0.1, -0.05) is 29.4 Å². The van der Waals surface area contributed by atoms with Crippen LogP contribution in [0.4, 0.5) is 23.2 Å². The highest BCUT2D eigenvalue weighted by molar-refractivity contribution is 8.15. The highest BCUT2D eigenvalue weighted by Crippen LogP contribution is 2.35. The van der Waals surface area contributed by atoms with Gasteiger partial charge in [0.15, 0.2) is 5.17 Å². The van der Waals surface area contributed by atoms with Crippen molar-refractivity contribution in [2.24, 2.45) is 12.0 Å². The van der Waals surface area contributed by atoms with E-state index in [9.17, 15) is 36.7 Å². The Morgan fingerprint density at radius 2 is 1.97 bits per heavy atom. The Balaban J connectivity index is 2.12. The lowest BCUT2D eigenvalue weighted by atomic mass is 10.2. The standard InChI is InChI=1S/C21H18ClF4N5O5S/c1-4-5-30-18(34)14(8-16(32)28-36-3)37-19(30)27-12-7-13(11(23)6-10(12)22)31-17(33)9-15(21(24,25)26)29(2)20(31)35/h4,6-7,9,14H,1,5,8H2,2-3H3,(H,28,32)/b27-19-. The van der Waals surface area contributed by atoms with Crippen LogP contribution in [0.25, 0.3) is 5.69 Å². The Hall–Kier alpha value is -3.43. The summed E-state index contributed by atoms with van der Waals surface area (Å²) in [5, 5.41) is -1.12. The van der Waals surface area contributed by atoms with E-state index in [1.807, 2.05) is 0 Å². The van der Waals surface area contributed by atoms with Gasteiger partial charge in [-0.25, -0.2) is 24.2 Å². The van der Waals surface area contributed by atoms with Gasteiger partial charge >= 0.3 is 11.9 Å². The number of rotatable bonds is 7. The van der Waals surface area contributed by atoms with E-state index in [0.717, 1.165) is 30.9 Å². The molecule has 0 aliphatic carbocycles. The molecular weight excluding hydrogens is 546 g/mol. The maximum Gasteiger partial charge on any atom is 0.431 e. The third-order valence-corrected chi connectivity index (χ3v) is 6.48. The number of thioether (sulfide) groups is 1. The van der Waals surface area contributed by atoms with Gasteiger partial charge in [-0.05, 0) is 12.1 Å². The van der Waals surface area contributed by atoms with Gasteiger partial charge in [-0.2, -0.15) is 13.2 Å². The number of benzene rings is 1. The molecule has 37 heavy (non-hydrogen) atoms. The van der Waals surface area contributed by atoms with Crippen LogP contribution in [0.3, 0.4) is 0 Å². The molecule has 1 N–H and O–H groups in total. The molecule has 198 valence electrons. The van der Waals surface area contributed by atoms with Crippen molar-refractivity contribution in [3.63, 3.8) is 0 Å². The van der Waals surface area contributed by atoms with Crippen molar-refractivity contribution in [1.29, 1.82) is 0 Å². The zero-order chi connectivity index (χ0) is 27.7. The van der Waals surface area contributed by atoms with Crippen molar-refractivity contribution < 1.29 is 32.0 Å². The van der Waals surface area contributed by atoms with Crippen molar-refractivity contribution in [2.75, 3.05) is 13.7 Å².